The molecule has 3 fully saturated rings. The Bertz CT molecular complexity index is 3280. The summed E-state index contributed by atoms with van der Waals surface area (Å²) >= 11 is 2.95. The molecule has 14 nitrogen and oxygen atoms in total. The van der Waals surface area contributed by atoms with Crippen molar-refractivity contribution in [1.29, 1.82) is 0 Å². The van der Waals surface area contributed by atoms with Gasteiger partial charge in [0.2, 0.25) is 0 Å². The SMILES string of the molecule is O=S(=O)(c1ccccc1)n1cc(-c2nccs2)c2cc(C3=CCC4(CC3)OCCO4)cnc21.O=S(=O)(c1ccccc1)n1cc(-c2nccs2)c2cc(C3CCC4(CC3)OCCO4)cnc21. The molecule has 2 aliphatic carbocycles. The maximum Gasteiger partial charge on any atom is 0.269 e. The van der Waals surface area contributed by atoms with Crippen molar-refractivity contribution in [3.8, 4) is 21.1 Å². The van der Waals surface area contributed by atoms with Crippen LogP contribution in [0, 0.1) is 0 Å². The van der Waals surface area contributed by atoms with Gasteiger partial charge in [0.25, 0.3) is 20.0 Å². The number of rotatable bonds is 8. The van der Waals surface area contributed by atoms with E-state index in [4.69, 9.17) is 18.9 Å². The zero-order chi connectivity index (χ0) is 44.9. The molecule has 2 saturated heterocycles. The third-order valence-electron chi connectivity index (χ3n) is 12.8. The fourth-order valence-corrected chi connectivity index (χ4v) is 13.4. The lowest BCUT2D eigenvalue weighted by molar-refractivity contribution is -0.178. The Morgan fingerprint density at radius 2 is 1.12 bits per heavy atom. The predicted molar refractivity (Wildman–Crippen MR) is 252 cm³/mol. The molecule has 66 heavy (non-hydrogen) atoms. The Balaban J connectivity index is 0.000000146. The summed E-state index contributed by atoms with van der Waals surface area (Å²) < 4.78 is 79.7. The topological polar surface area (TPSA) is 167 Å². The second kappa shape index (κ2) is 17.3. The minimum atomic E-state index is -3.81. The predicted octanol–water partition coefficient (Wildman–Crippen LogP) is 9.50. The molecule has 0 bridgehead atoms. The fourth-order valence-electron chi connectivity index (χ4n) is 9.41. The highest BCUT2D eigenvalue weighted by atomic mass is 32.2. The summed E-state index contributed by atoms with van der Waals surface area (Å²) in [5, 5.41) is 6.87. The van der Waals surface area contributed by atoms with Gasteiger partial charge >= 0.3 is 0 Å². The summed E-state index contributed by atoms with van der Waals surface area (Å²) in [5.41, 5.74) is 5.60. The van der Waals surface area contributed by atoms with E-state index >= 15 is 0 Å². The third-order valence-corrected chi connectivity index (χ3v) is 17.8. The van der Waals surface area contributed by atoms with Gasteiger partial charge in [0.1, 0.15) is 10.0 Å². The molecule has 0 N–H and O–H groups in total. The largest absolute Gasteiger partial charge is 0.348 e. The van der Waals surface area contributed by atoms with E-state index in [1.54, 1.807) is 91.6 Å². The van der Waals surface area contributed by atoms with Gasteiger partial charge in [-0.15, -0.1) is 22.7 Å². The number of hydrogen-bond donors (Lipinski definition) is 0. The zero-order valence-electron chi connectivity index (χ0n) is 35.6. The number of allylic oxidation sites excluding steroid dienone is 1. The van der Waals surface area contributed by atoms with Gasteiger partial charge in [-0.2, -0.15) is 0 Å². The van der Waals surface area contributed by atoms with Crippen molar-refractivity contribution in [3.63, 3.8) is 0 Å². The molecule has 2 aromatic carbocycles. The summed E-state index contributed by atoms with van der Waals surface area (Å²) in [6.45, 7) is 2.60. The van der Waals surface area contributed by atoms with Crippen molar-refractivity contribution in [2.75, 3.05) is 26.4 Å². The molecule has 6 aromatic heterocycles. The zero-order valence-corrected chi connectivity index (χ0v) is 38.8. The van der Waals surface area contributed by atoms with E-state index in [2.05, 4.69) is 32.1 Å². The Morgan fingerprint density at radius 3 is 1.62 bits per heavy atom. The van der Waals surface area contributed by atoms with Gasteiger partial charge in [0, 0.05) is 95.5 Å². The third kappa shape index (κ3) is 7.92. The van der Waals surface area contributed by atoms with Crippen molar-refractivity contribution in [2.24, 2.45) is 0 Å². The van der Waals surface area contributed by atoms with Crippen molar-refractivity contribution < 1.29 is 35.8 Å². The van der Waals surface area contributed by atoms with Crippen LogP contribution in [0.15, 0.2) is 137 Å². The average Bonchev–Trinajstić information content (AvgIpc) is 4.23. The lowest BCUT2D eigenvalue weighted by Crippen LogP contribution is -2.34. The number of fused-ring (bicyclic) bond motifs is 2. The first-order valence-electron chi connectivity index (χ1n) is 21.8. The van der Waals surface area contributed by atoms with Crippen molar-refractivity contribution >= 4 is 70.4 Å². The lowest BCUT2D eigenvalue weighted by Gasteiger charge is -2.35. The van der Waals surface area contributed by atoms with Crippen LogP contribution in [-0.2, 0) is 39.0 Å². The second-order valence-corrected chi connectivity index (χ2v) is 22.1. The molecule has 1 saturated carbocycles. The molecule has 2 spiro atoms. The fraction of sp³-hybridized carbons (Fsp3) is 0.292. The van der Waals surface area contributed by atoms with Gasteiger partial charge in [0.15, 0.2) is 22.9 Å². The number of thiazole rings is 2. The molecule has 4 aliphatic rings. The summed E-state index contributed by atoms with van der Waals surface area (Å²) in [4.78, 5) is 18.6. The van der Waals surface area contributed by atoms with E-state index in [1.165, 1.54) is 30.6 Å². The van der Waals surface area contributed by atoms with Crippen LogP contribution in [-0.4, -0.2) is 82.7 Å². The highest BCUT2D eigenvalue weighted by molar-refractivity contribution is 7.90. The van der Waals surface area contributed by atoms with Crippen LogP contribution in [0.3, 0.4) is 0 Å². The van der Waals surface area contributed by atoms with E-state index < -0.39 is 31.6 Å². The van der Waals surface area contributed by atoms with E-state index in [9.17, 15) is 16.8 Å². The number of benzene rings is 2. The minimum Gasteiger partial charge on any atom is -0.348 e. The van der Waals surface area contributed by atoms with Crippen molar-refractivity contribution in [3.05, 3.63) is 138 Å². The molecule has 0 atom stereocenters. The van der Waals surface area contributed by atoms with Crippen LogP contribution in [0.25, 0.3) is 48.8 Å². The molecule has 2 aliphatic heterocycles. The number of hydrogen-bond acceptors (Lipinski definition) is 14. The van der Waals surface area contributed by atoms with Crippen LogP contribution in [0.1, 0.15) is 62.0 Å². The Hall–Kier alpha value is -5.44. The quantitative estimate of drug-likeness (QED) is 0.142. The Morgan fingerprint density at radius 1 is 0.606 bits per heavy atom. The van der Waals surface area contributed by atoms with Crippen LogP contribution in [0.4, 0.5) is 0 Å². The number of pyridine rings is 2. The first kappa shape index (κ1) is 43.1. The molecule has 12 rings (SSSR count). The lowest BCUT2D eigenvalue weighted by atomic mass is 9.81. The minimum absolute atomic E-state index is 0.218. The summed E-state index contributed by atoms with van der Waals surface area (Å²) in [7, 11) is -7.60. The summed E-state index contributed by atoms with van der Waals surface area (Å²) in [6, 6.07) is 21.0. The summed E-state index contributed by atoms with van der Waals surface area (Å²) in [6.07, 6.45) is 18.4. The molecule has 338 valence electrons. The molecule has 0 amide bonds. The molecule has 8 heterocycles. The smallest absolute Gasteiger partial charge is 0.269 e. The van der Waals surface area contributed by atoms with Gasteiger partial charge in [0.05, 0.1) is 36.2 Å². The van der Waals surface area contributed by atoms with E-state index in [0.29, 0.717) is 50.1 Å². The molecule has 0 unspecified atom stereocenters. The van der Waals surface area contributed by atoms with Crippen LogP contribution < -0.4 is 0 Å². The van der Waals surface area contributed by atoms with Gasteiger partial charge in [-0.05, 0) is 78.3 Å². The van der Waals surface area contributed by atoms with Crippen LogP contribution in [0.5, 0.6) is 0 Å². The van der Waals surface area contributed by atoms with Gasteiger partial charge in [-0.1, -0.05) is 42.5 Å². The van der Waals surface area contributed by atoms with Crippen molar-refractivity contribution in [1.82, 2.24) is 27.9 Å². The second-order valence-electron chi connectivity index (χ2n) is 16.6. The van der Waals surface area contributed by atoms with E-state index in [-0.39, 0.29) is 9.79 Å². The van der Waals surface area contributed by atoms with Gasteiger partial charge < -0.3 is 18.9 Å². The molecular formula is C48H44N6O8S4. The molecular weight excluding hydrogens is 917 g/mol. The number of nitrogens with zero attached hydrogens (tertiary/aromatic N) is 6. The average molecular weight is 961 g/mol. The van der Waals surface area contributed by atoms with E-state index in [1.807, 2.05) is 23.0 Å². The first-order chi connectivity index (χ1) is 32.1. The first-order valence-corrected chi connectivity index (χ1v) is 26.4. The Kier molecular flexibility index (Phi) is 11.3. The maximum atomic E-state index is 13.4. The number of ether oxygens (including phenoxy) is 4. The van der Waals surface area contributed by atoms with Crippen LogP contribution >= 0.6 is 22.7 Å². The van der Waals surface area contributed by atoms with Crippen LogP contribution in [0.2, 0.25) is 0 Å². The Labute approximate surface area is 389 Å². The molecule has 18 heteroatoms. The highest BCUT2D eigenvalue weighted by Crippen LogP contribution is 2.44. The van der Waals surface area contributed by atoms with E-state index in [0.717, 1.165) is 87.1 Å². The van der Waals surface area contributed by atoms with Gasteiger partial charge in [-0.3, -0.25) is 0 Å². The number of aromatic nitrogens is 6. The summed E-state index contributed by atoms with van der Waals surface area (Å²) in [5.74, 6) is -0.564. The maximum absolute atomic E-state index is 13.4. The molecule has 0 radical (unpaired) electrons. The highest BCUT2D eigenvalue weighted by Gasteiger charge is 2.41. The molecule has 8 aromatic rings. The van der Waals surface area contributed by atoms with Gasteiger partial charge in [-0.25, -0.2) is 44.7 Å². The normalized spacial score (nSPS) is 18.5. The standard InChI is InChI=1S/C24H23N3O4S2.C24H21N3O4S2/c2*28-33(29,19-4-2-1-3-5-19)27-16-21(23-25-10-13-32-23)20-14-18(15-26-22(20)27)17-6-8-24(9-7-17)30-11-12-31-24/h1-5,10,13-17H,6-9,11-12H2;1-6,10,13-16H,7-9,11-12H2. The monoisotopic (exact) mass is 960 g/mol. The van der Waals surface area contributed by atoms with Crippen molar-refractivity contribution in [2.45, 2.75) is 72.2 Å².